The van der Waals surface area contributed by atoms with Gasteiger partial charge in [0.2, 0.25) is 5.88 Å². The van der Waals surface area contributed by atoms with Gasteiger partial charge in [-0.25, -0.2) is 10.4 Å². The topological polar surface area (TPSA) is 144 Å². The van der Waals surface area contributed by atoms with Crippen LogP contribution in [0.1, 0.15) is 25.0 Å². The van der Waals surface area contributed by atoms with E-state index in [4.69, 9.17) is 21.0 Å². The van der Waals surface area contributed by atoms with Crippen LogP contribution in [0.15, 0.2) is 35.6 Å². The summed E-state index contributed by atoms with van der Waals surface area (Å²) in [6.45, 7) is 2.59. The first-order chi connectivity index (χ1) is 16.0. The van der Waals surface area contributed by atoms with E-state index in [2.05, 4.69) is 19.7 Å². The highest BCUT2D eigenvalue weighted by Gasteiger charge is 2.58. The van der Waals surface area contributed by atoms with Crippen LogP contribution in [0.4, 0.5) is 22.0 Å². The maximum atomic E-state index is 12.9. The molecule has 2 aromatic heterocycles. The molecule has 0 aliphatic rings. The molecule has 0 amide bonds. The van der Waals surface area contributed by atoms with E-state index in [9.17, 15) is 26.7 Å². The lowest BCUT2D eigenvalue weighted by molar-refractivity contribution is -0.291. The minimum absolute atomic E-state index is 0.0910. The third-order valence-electron chi connectivity index (χ3n) is 4.61. The first-order valence-electron chi connectivity index (χ1n) is 9.83. The van der Waals surface area contributed by atoms with Crippen LogP contribution >= 0.6 is 0 Å². The Hall–Kier alpha value is -3.84. The fourth-order valence-electron chi connectivity index (χ4n) is 2.35. The molecule has 0 aromatic carbocycles. The van der Waals surface area contributed by atoms with Crippen molar-refractivity contribution in [2.75, 3.05) is 13.2 Å². The first-order valence-corrected chi connectivity index (χ1v) is 9.83. The van der Waals surface area contributed by atoms with Crippen LogP contribution in [-0.4, -0.2) is 58.2 Å². The number of hydrogen-bond acceptors (Lipinski definition) is 6. The molecule has 0 saturated carbocycles. The molecule has 2 aromatic rings. The predicted octanol–water partition coefficient (Wildman–Crippen LogP) is 3.80. The summed E-state index contributed by atoms with van der Waals surface area (Å²) in [6, 6.07) is 3.35. The molecule has 0 saturated heterocycles. The Balaban J connectivity index is 2.08. The molecule has 35 heavy (non-hydrogen) atoms. The van der Waals surface area contributed by atoms with Gasteiger partial charge in [0.1, 0.15) is 12.4 Å². The fraction of sp³-hybridized carbons (Fsp3) is 0.381. The standard InChI is InChI=1S/C21H22F5N5O4/c1-11-6-15(34-9-19(2,3)17(32)33)30-8-13(11)14-5-4-12(7-29-14)16(27)31-18(28)35-10-20(22,23)21(24,25)26/h4-8H,9-10H2,1-3H3,(H,32,33)(H3,27,28,31). The van der Waals surface area contributed by atoms with Gasteiger partial charge in [0, 0.05) is 29.6 Å². The number of nitrogens with two attached hydrogens (primary N) is 1. The molecule has 0 aliphatic carbocycles. The predicted molar refractivity (Wildman–Crippen MR) is 115 cm³/mol. The van der Waals surface area contributed by atoms with Crippen molar-refractivity contribution in [2.45, 2.75) is 32.9 Å². The van der Waals surface area contributed by atoms with Crippen LogP contribution in [-0.2, 0) is 9.53 Å². The lowest BCUT2D eigenvalue weighted by atomic mass is 9.95. The number of nitrogens with zero attached hydrogens (tertiary/aromatic N) is 3. The second-order valence-electron chi connectivity index (χ2n) is 8.04. The van der Waals surface area contributed by atoms with Gasteiger partial charge in [-0.05, 0) is 38.5 Å². The number of alkyl halides is 5. The zero-order valence-corrected chi connectivity index (χ0v) is 18.8. The minimum Gasteiger partial charge on any atom is -0.481 e. The Bertz CT molecular complexity index is 1120. The highest BCUT2D eigenvalue weighted by molar-refractivity contribution is 6.03. The normalized spacial score (nSPS) is 12.9. The summed E-state index contributed by atoms with van der Waals surface area (Å²) in [4.78, 5) is 22.9. The molecule has 0 spiro atoms. The van der Waals surface area contributed by atoms with E-state index < -0.39 is 36.1 Å². The van der Waals surface area contributed by atoms with E-state index in [0.29, 0.717) is 16.8 Å². The average Bonchev–Trinajstić information content (AvgIpc) is 2.76. The van der Waals surface area contributed by atoms with Gasteiger partial charge in [-0.1, -0.05) is 0 Å². The van der Waals surface area contributed by atoms with E-state index in [0.717, 1.165) is 0 Å². The van der Waals surface area contributed by atoms with Crippen molar-refractivity contribution < 1.29 is 41.3 Å². The fourth-order valence-corrected chi connectivity index (χ4v) is 2.35. The van der Waals surface area contributed by atoms with Crippen molar-refractivity contribution in [1.29, 1.82) is 5.41 Å². The molecule has 0 aliphatic heterocycles. The molecule has 9 nitrogen and oxygen atoms in total. The monoisotopic (exact) mass is 503 g/mol. The number of rotatable bonds is 8. The third kappa shape index (κ3) is 7.07. The van der Waals surface area contributed by atoms with Gasteiger partial charge in [0.25, 0.3) is 0 Å². The minimum atomic E-state index is -5.82. The Labute approximate surface area is 196 Å². The lowest BCUT2D eigenvalue weighted by Gasteiger charge is -2.19. The number of carbonyl (C=O) groups is 1. The van der Waals surface area contributed by atoms with Crippen LogP contribution in [0.5, 0.6) is 5.88 Å². The van der Waals surface area contributed by atoms with Gasteiger partial charge in [0.05, 0.1) is 11.1 Å². The summed E-state index contributed by atoms with van der Waals surface area (Å²) in [5.74, 6) is -6.32. The SMILES string of the molecule is Cc1cc(OCC(C)(C)C(=O)O)ncc1-c1ccc(/C(N)=N/C(=N)OCC(F)(F)C(F)(F)F)cn1. The third-order valence-corrected chi connectivity index (χ3v) is 4.61. The van der Waals surface area contributed by atoms with Crippen LogP contribution in [0.3, 0.4) is 0 Å². The number of halogens is 5. The molecule has 14 heteroatoms. The van der Waals surface area contributed by atoms with Crippen LogP contribution in [0, 0.1) is 17.7 Å². The van der Waals surface area contributed by atoms with E-state index in [1.807, 2.05) is 0 Å². The molecule has 0 unspecified atom stereocenters. The molecule has 0 fully saturated rings. The maximum absolute atomic E-state index is 12.9. The molecule has 0 bridgehead atoms. The summed E-state index contributed by atoms with van der Waals surface area (Å²) in [5, 5.41) is 16.5. The van der Waals surface area contributed by atoms with Gasteiger partial charge >= 0.3 is 24.1 Å². The van der Waals surface area contributed by atoms with Gasteiger partial charge in [-0.2, -0.15) is 26.9 Å². The Morgan fingerprint density at radius 3 is 2.31 bits per heavy atom. The van der Waals surface area contributed by atoms with Gasteiger partial charge in [-0.15, -0.1) is 0 Å². The van der Waals surface area contributed by atoms with E-state index >= 15 is 0 Å². The molecule has 0 radical (unpaired) electrons. The van der Waals surface area contributed by atoms with Gasteiger partial charge < -0.3 is 20.3 Å². The van der Waals surface area contributed by atoms with Crippen LogP contribution < -0.4 is 10.5 Å². The maximum Gasteiger partial charge on any atom is 0.456 e. The molecule has 190 valence electrons. The average molecular weight is 503 g/mol. The summed E-state index contributed by atoms with van der Waals surface area (Å²) >= 11 is 0. The van der Waals surface area contributed by atoms with Gasteiger partial charge in [0.15, 0.2) is 6.61 Å². The number of aryl methyl sites for hydroxylation is 1. The molecule has 2 heterocycles. The molecule has 2 rings (SSSR count). The molecular formula is C21H22F5N5O4. The van der Waals surface area contributed by atoms with E-state index in [-0.39, 0.29) is 23.9 Å². The number of carboxylic acid groups (broad SMARTS) is 1. The van der Waals surface area contributed by atoms with Crippen molar-refractivity contribution in [3.05, 3.63) is 41.7 Å². The largest absolute Gasteiger partial charge is 0.481 e. The van der Waals surface area contributed by atoms with Crippen molar-refractivity contribution >= 4 is 17.8 Å². The second kappa shape index (κ2) is 10.2. The number of carboxylic acids is 1. The zero-order chi connectivity index (χ0) is 26.6. The molecule has 0 atom stereocenters. The Kier molecular flexibility index (Phi) is 7.98. The van der Waals surface area contributed by atoms with Crippen molar-refractivity contribution in [3.63, 3.8) is 0 Å². The molecular weight excluding hydrogens is 481 g/mol. The van der Waals surface area contributed by atoms with Gasteiger partial charge in [-0.3, -0.25) is 9.78 Å². The Morgan fingerprint density at radius 1 is 1.14 bits per heavy atom. The summed E-state index contributed by atoms with van der Waals surface area (Å²) < 4.78 is 71.7. The number of hydrogen-bond donors (Lipinski definition) is 3. The number of ether oxygens (including phenoxy) is 2. The Morgan fingerprint density at radius 2 is 1.80 bits per heavy atom. The van der Waals surface area contributed by atoms with Crippen molar-refractivity contribution in [1.82, 2.24) is 9.97 Å². The first kappa shape index (κ1) is 27.4. The number of aliphatic imine (C=N–C) groups is 1. The zero-order valence-electron chi connectivity index (χ0n) is 18.8. The summed E-state index contributed by atoms with van der Waals surface area (Å²) in [5.41, 5.74) is 6.50. The quantitative estimate of drug-likeness (QED) is 0.282. The van der Waals surface area contributed by atoms with Crippen LogP contribution in [0.2, 0.25) is 0 Å². The van der Waals surface area contributed by atoms with Crippen LogP contribution in [0.25, 0.3) is 11.3 Å². The smallest absolute Gasteiger partial charge is 0.456 e. The molecule has 4 N–H and O–H groups in total. The number of amidine groups is 2. The number of pyridine rings is 2. The summed E-state index contributed by atoms with van der Waals surface area (Å²) in [7, 11) is 0. The number of aliphatic carboxylic acids is 1. The second-order valence-corrected chi connectivity index (χ2v) is 8.04. The number of aromatic nitrogens is 2. The lowest BCUT2D eigenvalue weighted by Crippen LogP contribution is -2.41. The highest BCUT2D eigenvalue weighted by atomic mass is 19.4. The van der Waals surface area contributed by atoms with E-state index in [1.165, 1.54) is 38.4 Å². The number of nitrogens with one attached hydrogen (secondary N) is 1. The van der Waals surface area contributed by atoms with Crippen molar-refractivity contribution in [2.24, 2.45) is 16.1 Å². The van der Waals surface area contributed by atoms with E-state index in [1.54, 1.807) is 13.0 Å². The highest BCUT2D eigenvalue weighted by Crippen LogP contribution is 2.35. The summed E-state index contributed by atoms with van der Waals surface area (Å²) in [6.07, 6.45) is -3.10. The van der Waals surface area contributed by atoms with Crippen molar-refractivity contribution in [3.8, 4) is 17.1 Å².